The molecule has 2 amide bonds. The van der Waals surface area contributed by atoms with Gasteiger partial charge in [-0.1, -0.05) is 46.0 Å². The summed E-state index contributed by atoms with van der Waals surface area (Å²) in [6.45, 7) is 9.18. The first kappa shape index (κ1) is 22.6. The van der Waals surface area contributed by atoms with E-state index >= 15 is 0 Å². The molecule has 1 aliphatic heterocycles. The van der Waals surface area contributed by atoms with Crippen LogP contribution < -0.4 is 15.0 Å². The molecule has 30 heavy (non-hydrogen) atoms. The molecule has 1 saturated carbocycles. The minimum absolute atomic E-state index is 0.0513. The molecule has 166 valence electrons. The Bertz CT molecular complexity index is 751. The number of carbonyl (C=O) groups excluding carboxylic acids is 2. The first-order valence-electron chi connectivity index (χ1n) is 11.6. The molecule has 1 fully saturated rings. The Labute approximate surface area is 181 Å². The Balaban J connectivity index is 1.72. The Morgan fingerprint density at radius 3 is 2.67 bits per heavy atom. The van der Waals surface area contributed by atoms with Crippen molar-refractivity contribution in [3.8, 4) is 5.75 Å². The van der Waals surface area contributed by atoms with Gasteiger partial charge in [-0.2, -0.15) is 0 Å². The number of amides is 2. The number of nitrogens with one attached hydrogen (secondary N) is 1. The van der Waals surface area contributed by atoms with Gasteiger partial charge >= 0.3 is 0 Å². The van der Waals surface area contributed by atoms with Crippen LogP contribution >= 0.6 is 0 Å². The van der Waals surface area contributed by atoms with Crippen molar-refractivity contribution < 1.29 is 14.3 Å². The van der Waals surface area contributed by atoms with Gasteiger partial charge in [0.2, 0.25) is 11.8 Å². The van der Waals surface area contributed by atoms with E-state index in [4.69, 9.17) is 4.74 Å². The minimum Gasteiger partial charge on any atom is -0.490 e. The predicted molar refractivity (Wildman–Crippen MR) is 122 cm³/mol. The van der Waals surface area contributed by atoms with Crippen LogP contribution in [-0.2, 0) is 9.59 Å². The van der Waals surface area contributed by atoms with Crippen molar-refractivity contribution in [2.45, 2.75) is 79.1 Å². The molecule has 2 aliphatic rings. The number of benzene rings is 1. The summed E-state index contributed by atoms with van der Waals surface area (Å²) in [7, 11) is 0. The molecule has 0 radical (unpaired) electrons. The van der Waals surface area contributed by atoms with Crippen LogP contribution in [0.4, 0.5) is 11.4 Å². The van der Waals surface area contributed by atoms with Crippen LogP contribution in [0.3, 0.4) is 0 Å². The van der Waals surface area contributed by atoms with Gasteiger partial charge in [0.1, 0.15) is 12.4 Å². The van der Waals surface area contributed by atoms with Gasteiger partial charge in [-0.05, 0) is 56.7 Å². The molecule has 1 heterocycles. The van der Waals surface area contributed by atoms with Crippen LogP contribution in [0, 0.1) is 17.3 Å². The standard InChI is InChI=1S/C25H38N2O3/c1-18(2)14-15-27-21-16-20(11-12-22(21)30-17-25(3,4)24(27)29)26-23(28)13-10-19-8-6-5-7-9-19/h11-12,16,18-19H,5-10,13-15,17H2,1-4H3,(H,26,28). The van der Waals surface area contributed by atoms with Crippen molar-refractivity contribution in [1.82, 2.24) is 0 Å². The van der Waals surface area contributed by atoms with Crippen LogP contribution in [0.15, 0.2) is 18.2 Å². The highest BCUT2D eigenvalue weighted by molar-refractivity contribution is 6.00. The van der Waals surface area contributed by atoms with Crippen molar-refractivity contribution in [2.75, 3.05) is 23.4 Å². The van der Waals surface area contributed by atoms with Gasteiger partial charge in [0.25, 0.3) is 0 Å². The van der Waals surface area contributed by atoms with Gasteiger partial charge in [0.15, 0.2) is 0 Å². The lowest BCUT2D eigenvalue weighted by molar-refractivity contribution is -0.127. The molecule has 0 unspecified atom stereocenters. The van der Waals surface area contributed by atoms with Gasteiger partial charge in [0.05, 0.1) is 11.1 Å². The molecule has 1 aromatic carbocycles. The van der Waals surface area contributed by atoms with Crippen molar-refractivity contribution in [3.05, 3.63) is 18.2 Å². The van der Waals surface area contributed by atoms with E-state index in [9.17, 15) is 9.59 Å². The SMILES string of the molecule is CC(C)CCN1C(=O)C(C)(C)COc2ccc(NC(=O)CCC3CCCCC3)cc21. The minimum atomic E-state index is -0.584. The predicted octanol–water partition coefficient (Wildman–Crippen LogP) is 5.78. The summed E-state index contributed by atoms with van der Waals surface area (Å²) in [4.78, 5) is 27.6. The van der Waals surface area contributed by atoms with Gasteiger partial charge in [-0.15, -0.1) is 0 Å². The van der Waals surface area contributed by atoms with Gasteiger partial charge < -0.3 is 15.0 Å². The van der Waals surface area contributed by atoms with Crippen molar-refractivity contribution in [2.24, 2.45) is 17.3 Å². The lowest BCUT2D eigenvalue weighted by Crippen LogP contribution is -2.42. The van der Waals surface area contributed by atoms with E-state index < -0.39 is 5.41 Å². The lowest BCUT2D eigenvalue weighted by Gasteiger charge is -2.28. The quantitative estimate of drug-likeness (QED) is 0.615. The Morgan fingerprint density at radius 2 is 1.97 bits per heavy atom. The van der Waals surface area contributed by atoms with Crippen molar-refractivity contribution in [3.63, 3.8) is 0 Å². The Kier molecular flexibility index (Phi) is 7.43. The summed E-state index contributed by atoms with van der Waals surface area (Å²) in [6, 6.07) is 5.65. The summed E-state index contributed by atoms with van der Waals surface area (Å²) in [5.41, 5.74) is 0.906. The van der Waals surface area contributed by atoms with Crippen LogP contribution in [0.2, 0.25) is 0 Å². The summed E-state index contributed by atoms with van der Waals surface area (Å²) >= 11 is 0. The number of hydrogen-bond donors (Lipinski definition) is 1. The smallest absolute Gasteiger partial charge is 0.236 e. The maximum absolute atomic E-state index is 13.2. The second kappa shape index (κ2) is 9.84. The second-order valence-electron chi connectivity index (χ2n) is 10.1. The highest BCUT2D eigenvalue weighted by Crippen LogP contribution is 2.38. The zero-order valence-corrected chi connectivity index (χ0v) is 19.1. The topological polar surface area (TPSA) is 58.6 Å². The van der Waals surface area contributed by atoms with E-state index in [1.165, 1.54) is 32.1 Å². The number of ether oxygens (including phenoxy) is 1. The molecule has 0 bridgehead atoms. The fourth-order valence-corrected chi connectivity index (χ4v) is 4.37. The van der Waals surface area contributed by atoms with Crippen molar-refractivity contribution in [1.29, 1.82) is 0 Å². The molecule has 1 aromatic rings. The molecule has 0 saturated heterocycles. The average Bonchev–Trinajstić information content (AvgIpc) is 2.80. The van der Waals surface area contributed by atoms with E-state index in [2.05, 4.69) is 19.2 Å². The van der Waals surface area contributed by atoms with E-state index in [1.54, 1.807) is 0 Å². The fourth-order valence-electron chi connectivity index (χ4n) is 4.37. The molecular formula is C25H38N2O3. The largest absolute Gasteiger partial charge is 0.490 e. The lowest BCUT2D eigenvalue weighted by atomic mass is 9.86. The normalized spacial score (nSPS) is 19.2. The molecule has 1 N–H and O–H groups in total. The van der Waals surface area contributed by atoms with E-state index in [1.807, 2.05) is 36.9 Å². The molecule has 0 spiro atoms. The first-order valence-corrected chi connectivity index (χ1v) is 11.6. The third kappa shape index (κ3) is 5.77. The number of anilines is 2. The Morgan fingerprint density at radius 1 is 1.23 bits per heavy atom. The summed E-state index contributed by atoms with van der Waals surface area (Å²) in [5.74, 6) is 2.02. The molecule has 3 rings (SSSR count). The summed E-state index contributed by atoms with van der Waals surface area (Å²) in [6.07, 6.45) is 8.88. The first-order chi connectivity index (χ1) is 14.3. The number of nitrogens with zero attached hydrogens (tertiary/aromatic N) is 1. The number of rotatable bonds is 7. The third-order valence-electron chi connectivity index (χ3n) is 6.38. The number of fused-ring (bicyclic) bond motifs is 1. The van der Waals surface area contributed by atoms with Crippen LogP contribution in [0.25, 0.3) is 0 Å². The third-order valence-corrected chi connectivity index (χ3v) is 6.38. The fraction of sp³-hybridized carbons (Fsp3) is 0.680. The van der Waals surface area contributed by atoms with Gasteiger partial charge in [-0.3, -0.25) is 9.59 Å². The van der Waals surface area contributed by atoms with Gasteiger partial charge in [-0.25, -0.2) is 0 Å². The summed E-state index contributed by atoms with van der Waals surface area (Å²) < 4.78 is 5.98. The van der Waals surface area contributed by atoms with E-state index in [0.717, 1.165) is 24.2 Å². The van der Waals surface area contributed by atoms with Gasteiger partial charge in [0, 0.05) is 18.7 Å². The highest BCUT2D eigenvalue weighted by Gasteiger charge is 2.37. The maximum atomic E-state index is 13.2. The summed E-state index contributed by atoms with van der Waals surface area (Å²) in [5, 5.41) is 3.04. The molecule has 0 atom stereocenters. The second-order valence-corrected chi connectivity index (χ2v) is 10.1. The van der Waals surface area contributed by atoms with Crippen LogP contribution in [0.1, 0.15) is 79.1 Å². The zero-order valence-electron chi connectivity index (χ0n) is 19.1. The maximum Gasteiger partial charge on any atom is 0.236 e. The monoisotopic (exact) mass is 414 g/mol. The zero-order chi connectivity index (χ0) is 21.7. The Hall–Kier alpha value is -2.04. The molecule has 1 aliphatic carbocycles. The number of hydrogen-bond acceptors (Lipinski definition) is 3. The van der Waals surface area contributed by atoms with Crippen molar-refractivity contribution >= 4 is 23.2 Å². The molecular weight excluding hydrogens is 376 g/mol. The van der Waals surface area contributed by atoms with E-state index in [0.29, 0.717) is 37.2 Å². The molecule has 5 nitrogen and oxygen atoms in total. The average molecular weight is 415 g/mol. The highest BCUT2D eigenvalue weighted by atomic mass is 16.5. The van der Waals surface area contributed by atoms with Crippen LogP contribution in [0.5, 0.6) is 5.75 Å². The molecule has 0 aromatic heterocycles. The molecule has 5 heteroatoms. The van der Waals surface area contributed by atoms with Crippen LogP contribution in [-0.4, -0.2) is 25.0 Å². The van der Waals surface area contributed by atoms with E-state index in [-0.39, 0.29) is 11.8 Å². The number of carbonyl (C=O) groups is 2.